The molecule has 0 aliphatic rings. The third kappa shape index (κ3) is 0.767. The summed E-state index contributed by atoms with van der Waals surface area (Å²) in [6, 6.07) is 0. The lowest BCUT2D eigenvalue weighted by atomic mass is 10.4. The van der Waals surface area contributed by atoms with Crippen molar-refractivity contribution < 1.29 is 4.79 Å². The highest BCUT2D eigenvalue weighted by atomic mass is 32.1. The first-order valence-corrected chi connectivity index (χ1v) is 3.08. The summed E-state index contributed by atoms with van der Waals surface area (Å²) in [7, 11) is 0. The molecule has 0 fully saturated rings. The van der Waals surface area contributed by atoms with Crippen LogP contribution in [0.4, 0.5) is 0 Å². The molecule has 0 saturated heterocycles. The maximum atomic E-state index is 10.1. The average molecular weight is 127 g/mol. The lowest BCUT2D eigenvalue weighted by molar-refractivity contribution is 0.112. The Morgan fingerprint density at radius 1 is 1.88 bits per heavy atom. The van der Waals surface area contributed by atoms with Crippen LogP contribution in [0.1, 0.15) is 15.4 Å². The topological polar surface area (TPSA) is 30.0 Å². The Balaban J connectivity index is 3.09. The molecule has 1 aromatic heterocycles. The van der Waals surface area contributed by atoms with Crippen molar-refractivity contribution in [3.8, 4) is 0 Å². The highest BCUT2D eigenvalue weighted by Gasteiger charge is 1.95. The smallest absolute Gasteiger partial charge is 0.161 e. The van der Waals surface area contributed by atoms with Gasteiger partial charge in [-0.3, -0.25) is 4.79 Å². The molecule has 0 spiro atoms. The van der Waals surface area contributed by atoms with Crippen molar-refractivity contribution in [3.63, 3.8) is 0 Å². The van der Waals surface area contributed by atoms with E-state index in [9.17, 15) is 4.79 Å². The van der Waals surface area contributed by atoms with E-state index in [0.717, 1.165) is 16.9 Å². The van der Waals surface area contributed by atoms with Crippen LogP contribution >= 0.6 is 11.3 Å². The van der Waals surface area contributed by atoms with Crippen LogP contribution in [0.15, 0.2) is 5.51 Å². The Labute approximate surface area is 51.2 Å². The van der Waals surface area contributed by atoms with E-state index in [1.807, 2.05) is 6.92 Å². The molecule has 0 N–H and O–H groups in total. The van der Waals surface area contributed by atoms with Gasteiger partial charge in [0.1, 0.15) is 0 Å². The van der Waals surface area contributed by atoms with E-state index in [-0.39, 0.29) is 0 Å². The second-order valence-corrected chi connectivity index (χ2v) is 2.31. The molecule has 0 aliphatic heterocycles. The van der Waals surface area contributed by atoms with Crippen LogP contribution in [0, 0.1) is 6.92 Å². The number of aryl methyl sites for hydroxylation is 1. The Hall–Kier alpha value is -0.700. The van der Waals surface area contributed by atoms with Crippen LogP contribution in [0.5, 0.6) is 0 Å². The molecular formula is C5H5NOS. The van der Waals surface area contributed by atoms with E-state index >= 15 is 0 Å². The summed E-state index contributed by atoms with van der Waals surface area (Å²) in [5.74, 6) is 0. The summed E-state index contributed by atoms with van der Waals surface area (Å²) in [6.07, 6.45) is 0.826. The largest absolute Gasteiger partial charge is 0.297 e. The SMILES string of the molecule is Cc1ncsc1C=O. The molecule has 0 aromatic carbocycles. The standard InChI is InChI=1S/C5H5NOS/c1-4-5(2-7)8-3-6-4/h2-3H,1H3. The van der Waals surface area contributed by atoms with Crippen LogP contribution in [0.2, 0.25) is 0 Å². The molecule has 1 aromatic rings. The Morgan fingerprint density at radius 3 is 2.88 bits per heavy atom. The summed E-state index contributed by atoms with van der Waals surface area (Å²) in [5.41, 5.74) is 2.49. The van der Waals surface area contributed by atoms with Crippen LogP contribution in [0.3, 0.4) is 0 Å². The van der Waals surface area contributed by atoms with Crippen molar-refractivity contribution in [3.05, 3.63) is 16.1 Å². The second-order valence-electron chi connectivity index (χ2n) is 1.42. The number of hydrogen-bond donors (Lipinski definition) is 0. The maximum Gasteiger partial charge on any atom is 0.161 e. The van der Waals surface area contributed by atoms with Gasteiger partial charge in [0.15, 0.2) is 6.29 Å². The van der Waals surface area contributed by atoms with Crippen LogP contribution in [-0.4, -0.2) is 11.3 Å². The van der Waals surface area contributed by atoms with Gasteiger partial charge in [0.25, 0.3) is 0 Å². The molecule has 3 heteroatoms. The summed E-state index contributed by atoms with van der Waals surface area (Å²) in [4.78, 5) is 14.7. The molecule has 1 heterocycles. The van der Waals surface area contributed by atoms with E-state index in [0.29, 0.717) is 0 Å². The number of thiazole rings is 1. The van der Waals surface area contributed by atoms with Crippen molar-refractivity contribution in [2.45, 2.75) is 6.92 Å². The molecule has 0 bridgehead atoms. The predicted molar refractivity (Wildman–Crippen MR) is 32.2 cm³/mol. The molecule has 8 heavy (non-hydrogen) atoms. The van der Waals surface area contributed by atoms with Crippen molar-refractivity contribution >= 4 is 17.6 Å². The fourth-order valence-electron chi connectivity index (χ4n) is 0.424. The third-order valence-corrected chi connectivity index (χ3v) is 1.75. The lowest BCUT2D eigenvalue weighted by Crippen LogP contribution is -1.75. The third-order valence-electron chi connectivity index (χ3n) is 0.890. The normalized spacial score (nSPS) is 9.12. The lowest BCUT2D eigenvalue weighted by Gasteiger charge is -1.77. The summed E-state index contributed by atoms with van der Waals surface area (Å²) in [6.45, 7) is 1.82. The van der Waals surface area contributed by atoms with E-state index in [2.05, 4.69) is 4.98 Å². The predicted octanol–water partition coefficient (Wildman–Crippen LogP) is 1.26. The molecule has 0 atom stereocenters. The minimum Gasteiger partial charge on any atom is -0.297 e. The zero-order valence-corrected chi connectivity index (χ0v) is 5.23. The number of rotatable bonds is 1. The minimum absolute atomic E-state index is 0.727. The van der Waals surface area contributed by atoms with Gasteiger partial charge in [-0.1, -0.05) is 0 Å². The zero-order valence-electron chi connectivity index (χ0n) is 4.42. The maximum absolute atomic E-state index is 10.1. The molecule has 0 amide bonds. The molecular weight excluding hydrogens is 122 g/mol. The quantitative estimate of drug-likeness (QED) is 0.531. The van der Waals surface area contributed by atoms with E-state index in [1.54, 1.807) is 5.51 Å². The summed E-state index contributed by atoms with van der Waals surface area (Å²) in [5, 5.41) is 0. The van der Waals surface area contributed by atoms with Crippen LogP contribution < -0.4 is 0 Å². The number of carbonyl (C=O) groups excluding carboxylic acids is 1. The number of aldehydes is 1. The number of hydrogen-bond acceptors (Lipinski definition) is 3. The zero-order chi connectivity index (χ0) is 5.98. The number of aromatic nitrogens is 1. The molecule has 0 aliphatic carbocycles. The molecule has 1 rings (SSSR count). The van der Waals surface area contributed by atoms with Gasteiger partial charge in [-0.2, -0.15) is 0 Å². The molecule has 42 valence electrons. The first-order chi connectivity index (χ1) is 3.84. The Bertz CT molecular complexity index is 194. The van der Waals surface area contributed by atoms with E-state index in [4.69, 9.17) is 0 Å². The van der Waals surface area contributed by atoms with Gasteiger partial charge in [-0.05, 0) is 6.92 Å². The molecule has 0 unspecified atom stereocenters. The van der Waals surface area contributed by atoms with E-state index in [1.165, 1.54) is 11.3 Å². The molecule has 0 radical (unpaired) electrons. The van der Waals surface area contributed by atoms with Gasteiger partial charge in [-0.25, -0.2) is 4.98 Å². The van der Waals surface area contributed by atoms with Gasteiger partial charge >= 0.3 is 0 Å². The second kappa shape index (κ2) is 2.05. The Kier molecular flexibility index (Phi) is 1.39. The van der Waals surface area contributed by atoms with Crippen molar-refractivity contribution in [2.24, 2.45) is 0 Å². The first-order valence-electron chi connectivity index (χ1n) is 2.20. The van der Waals surface area contributed by atoms with Crippen LogP contribution in [0.25, 0.3) is 0 Å². The number of nitrogens with zero attached hydrogens (tertiary/aromatic N) is 1. The molecule has 0 saturated carbocycles. The first kappa shape index (κ1) is 5.44. The van der Waals surface area contributed by atoms with E-state index < -0.39 is 0 Å². The van der Waals surface area contributed by atoms with Crippen molar-refractivity contribution in [1.29, 1.82) is 0 Å². The number of carbonyl (C=O) groups is 1. The van der Waals surface area contributed by atoms with Gasteiger partial charge in [0, 0.05) is 0 Å². The monoisotopic (exact) mass is 127 g/mol. The highest BCUT2D eigenvalue weighted by Crippen LogP contribution is 2.07. The van der Waals surface area contributed by atoms with Crippen molar-refractivity contribution in [2.75, 3.05) is 0 Å². The van der Waals surface area contributed by atoms with Crippen molar-refractivity contribution in [1.82, 2.24) is 4.98 Å². The fourth-order valence-corrected chi connectivity index (χ4v) is 1.03. The fraction of sp³-hybridized carbons (Fsp3) is 0.200. The van der Waals surface area contributed by atoms with Gasteiger partial charge < -0.3 is 0 Å². The summed E-state index contributed by atoms with van der Waals surface area (Å²) >= 11 is 1.37. The van der Waals surface area contributed by atoms with Gasteiger partial charge in [-0.15, -0.1) is 11.3 Å². The Morgan fingerprint density at radius 2 is 2.62 bits per heavy atom. The van der Waals surface area contributed by atoms with Gasteiger partial charge in [0.2, 0.25) is 0 Å². The minimum atomic E-state index is 0.727. The van der Waals surface area contributed by atoms with Gasteiger partial charge in [0.05, 0.1) is 16.1 Å². The molecule has 2 nitrogen and oxygen atoms in total. The summed E-state index contributed by atoms with van der Waals surface area (Å²) < 4.78 is 0. The average Bonchev–Trinajstić information content (AvgIpc) is 2.14. The van der Waals surface area contributed by atoms with Crippen LogP contribution in [-0.2, 0) is 0 Å². The highest BCUT2D eigenvalue weighted by molar-refractivity contribution is 7.11.